The van der Waals surface area contributed by atoms with E-state index in [9.17, 15) is 14.4 Å². The third kappa shape index (κ3) is 5.19. The largest absolute Gasteiger partial charge is 0.326 e. The molecule has 0 aromatic heterocycles. The average molecular weight is 478 g/mol. The van der Waals surface area contributed by atoms with E-state index in [0.29, 0.717) is 32.7 Å². The molecule has 0 aliphatic heterocycles. The van der Waals surface area contributed by atoms with Crippen LogP contribution in [0.1, 0.15) is 33.6 Å². The Bertz CT molecular complexity index is 1140. The highest BCUT2D eigenvalue weighted by atomic mass is 79.9. The highest BCUT2D eigenvalue weighted by Gasteiger charge is 2.29. The van der Waals surface area contributed by atoms with Crippen molar-refractivity contribution in [1.29, 1.82) is 0 Å². The molecular formula is C24H20BrN3O3. The molecule has 0 unspecified atom stereocenters. The molecule has 0 atom stereocenters. The Balaban J connectivity index is 1.45. The summed E-state index contributed by atoms with van der Waals surface area (Å²) in [6.07, 6.45) is 1.88. The van der Waals surface area contributed by atoms with E-state index in [1.54, 1.807) is 66.7 Å². The molecule has 31 heavy (non-hydrogen) atoms. The summed E-state index contributed by atoms with van der Waals surface area (Å²) in [7, 11) is 0. The van der Waals surface area contributed by atoms with E-state index in [0.717, 1.165) is 12.8 Å². The first-order chi connectivity index (χ1) is 15.0. The topological polar surface area (TPSA) is 87.3 Å². The van der Waals surface area contributed by atoms with Gasteiger partial charge in [0.1, 0.15) is 0 Å². The third-order valence-electron chi connectivity index (χ3n) is 4.90. The minimum atomic E-state index is -0.349. The molecule has 3 aromatic carbocycles. The maximum atomic E-state index is 12.8. The second-order valence-corrected chi connectivity index (χ2v) is 8.13. The molecular weight excluding hydrogens is 458 g/mol. The van der Waals surface area contributed by atoms with Gasteiger partial charge in [-0.1, -0.05) is 24.3 Å². The Morgan fingerprint density at radius 2 is 1.23 bits per heavy atom. The summed E-state index contributed by atoms with van der Waals surface area (Å²) in [6.45, 7) is 0. The monoisotopic (exact) mass is 477 g/mol. The van der Waals surface area contributed by atoms with E-state index in [-0.39, 0.29) is 23.6 Å². The summed E-state index contributed by atoms with van der Waals surface area (Å²) in [5.74, 6) is -0.504. The molecule has 1 aliphatic rings. The van der Waals surface area contributed by atoms with E-state index in [1.165, 1.54) is 0 Å². The minimum absolute atomic E-state index is 0.0338. The van der Waals surface area contributed by atoms with Crippen LogP contribution in [0.5, 0.6) is 0 Å². The van der Waals surface area contributed by atoms with Crippen LogP contribution in [0.3, 0.4) is 0 Å². The minimum Gasteiger partial charge on any atom is -0.326 e. The van der Waals surface area contributed by atoms with Crippen LogP contribution in [0, 0.1) is 5.92 Å². The normalized spacial score (nSPS) is 12.7. The number of hydrogen-bond donors (Lipinski definition) is 3. The molecule has 0 saturated heterocycles. The van der Waals surface area contributed by atoms with Crippen LogP contribution >= 0.6 is 15.9 Å². The van der Waals surface area contributed by atoms with Crippen LogP contribution < -0.4 is 16.0 Å². The zero-order valence-electron chi connectivity index (χ0n) is 16.5. The van der Waals surface area contributed by atoms with Crippen molar-refractivity contribution in [2.75, 3.05) is 16.0 Å². The summed E-state index contributed by atoms with van der Waals surface area (Å²) in [6, 6.07) is 20.8. The molecule has 1 fully saturated rings. The number of para-hydroxylation sites is 1. The van der Waals surface area contributed by atoms with E-state index in [2.05, 4.69) is 31.9 Å². The third-order valence-corrected chi connectivity index (χ3v) is 5.59. The van der Waals surface area contributed by atoms with E-state index < -0.39 is 0 Å². The van der Waals surface area contributed by atoms with E-state index >= 15 is 0 Å². The molecule has 0 radical (unpaired) electrons. The van der Waals surface area contributed by atoms with Crippen LogP contribution in [0.2, 0.25) is 0 Å². The van der Waals surface area contributed by atoms with Gasteiger partial charge in [-0.05, 0) is 77.3 Å². The lowest BCUT2D eigenvalue weighted by Crippen LogP contribution is -2.18. The van der Waals surface area contributed by atoms with Gasteiger partial charge in [-0.2, -0.15) is 0 Å². The lowest BCUT2D eigenvalue weighted by Gasteiger charge is -2.12. The van der Waals surface area contributed by atoms with Crippen molar-refractivity contribution in [1.82, 2.24) is 0 Å². The Morgan fingerprint density at radius 3 is 1.87 bits per heavy atom. The smallest absolute Gasteiger partial charge is 0.257 e. The number of hydrogen-bond acceptors (Lipinski definition) is 3. The Kier molecular flexibility index (Phi) is 6.13. The number of amides is 3. The molecule has 3 amide bonds. The quantitative estimate of drug-likeness (QED) is 0.449. The number of halogens is 1. The van der Waals surface area contributed by atoms with Gasteiger partial charge in [0.2, 0.25) is 5.91 Å². The van der Waals surface area contributed by atoms with E-state index in [1.807, 2.05) is 6.07 Å². The van der Waals surface area contributed by atoms with Gasteiger partial charge in [0, 0.05) is 21.8 Å². The first kappa shape index (κ1) is 20.8. The van der Waals surface area contributed by atoms with Crippen molar-refractivity contribution >= 4 is 50.7 Å². The fourth-order valence-electron chi connectivity index (χ4n) is 3.05. The fraction of sp³-hybridized carbons (Fsp3) is 0.125. The van der Waals surface area contributed by atoms with Gasteiger partial charge in [0.25, 0.3) is 11.8 Å². The molecule has 7 heteroatoms. The molecule has 3 N–H and O–H groups in total. The highest BCUT2D eigenvalue weighted by molar-refractivity contribution is 9.10. The first-order valence-electron chi connectivity index (χ1n) is 9.88. The molecule has 1 saturated carbocycles. The molecule has 156 valence electrons. The summed E-state index contributed by atoms with van der Waals surface area (Å²) >= 11 is 3.37. The van der Waals surface area contributed by atoms with Gasteiger partial charge in [0.05, 0.1) is 16.8 Å². The van der Waals surface area contributed by atoms with Crippen LogP contribution in [0.15, 0.2) is 77.3 Å². The maximum absolute atomic E-state index is 12.8. The summed E-state index contributed by atoms with van der Waals surface area (Å²) in [5, 5.41) is 8.49. The second kappa shape index (κ2) is 9.14. The van der Waals surface area contributed by atoms with Gasteiger partial charge in [-0.15, -0.1) is 0 Å². The second-order valence-electron chi connectivity index (χ2n) is 7.27. The Morgan fingerprint density at radius 1 is 0.677 bits per heavy atom. The number of carbonyl (C=O) groups excluding carboxylic acids is 3. The van der Waals surface area contributed by atoms with Crippen molar-refractivity contribution in [2.45, 2.75) is 12.8 Å². The average Bonchev–Trinajstić information content (AvgIpc) is 3.61. The number of benzene rings is 3. The maximum Gasteiger partial charge on any atom is 0.257 e. The molecule has 0 bridgehead atoms. The lowest BCUT2D eigenvalue weighted by atomic mass is 10.1. The highest BCUT2D eigenvalue weighted by Crippen LogP contribution is 2.30. The van der Waals surface area contributed by atoms with Crippen LogP contribution in [-0.4, -0.2) is 17.7 Å². The van der Waals surface area contributed by atoms with Gasteiger partial charge < -0.3 is 16.0 Å². The van der Waals surface area contributed by atoms with Crippen LogP contribution in [0.4, 0.5) is 17.1 Å². The number of rotatable bonds is 6. The lowest BCUT2D eigenvalue weighted by molar-refractivity contribution is -0.117. The zero-order valence-corrected chi connectivity index (χ0v) is 18.1. The van der Waals surface area contributed by atoms with Crippen molar-refractivity contribution < 1.29 is 14.4 Å². The summed E-state index contributed by atoms with van der Waals surface area (Å²) in [5.41, 5.74) is 2.50. The van der Waals surface area contributed by atoms with Crippen molar-refractivity contribution in [2.24, 2.45) is 5.92 Å². The molecule has 1 aliphatic carbocycles. The first-order valence-corrected chi connectivity index (χ1v) is 10.7. The predicted octanol–water partition coefficient (Wildman–Crippen LogP) is 5.30. The van der Waals surface area contributed by atoms with E-state index in [4.69, 9.17) is 0 Å². The standard InChI is InChI=1S/C24H20BrN3O3/c25-20-7-3-1-5-18(20)23(30)28-21-8-4-2-6-19(21)24(31)27-17-13-11-16(12-14-17)26-22(29)15-9-10-15/h1-8,11-15H,9-10H2,(H,26,29)(H,27,31)(H,28,30). The van der Waals surface area contributed by atoms with Gasteiger partial charge in [-0.25, -0.2) is 0 Å². The Hall–Kier alpha value is -3.45. The van der Waals surface area contributed by atoms with Crippen molar-refractivity contribution in [3.8, 4) is 0 Å². The summed E-state index contributed by atoms with van der Waals surface area (Å²) in [4.78, 5) is 37.3. The molecule has 0 heterocycles. The van der Waals surface area contributed by atoms with Crippen LogP contribution in [-0.2, 0) is 4.79 Å². The number of nitrogens with one attached hydrogen (secondary N) is 3. The fourth-order valence-corrected chi connectivity index (χ4v) is 3.52. The molecule has 4 rings (SSSR count). The molecule has 6 nitrogen and oxygen atoms in total. The summed E-state index contributed by atoms with van der Waals surface area (Å²) < 4.78 is 0.670. The van der Waals surface area contributed by atoms with Crippen molar-refractivity contribution in [3.05, 3.63) is 88.4 Å². The number of carbonyl (C=O) groups is 3. The van der Waals surface area contributed by atoms with Gasteiger partial charge in [-0.3, -0.25) is 14.4 Å². The molecule has 0 spiro atoms. The van der Waals surface area contributed by atoms with Crippen molar-refractivity contribution in [3.63, 3.8) is 0 Å². The predicted molar refractivity (Wildman–Crippen MR) is 124 cm³/mol. The number of anilines is 3. The zero-order chi connectivity index (χ0) is 21.8. The van der Waals surface area contributed by atoms with Crippen LogP contribution in [0.25, 0.3) is 0 Å². The molecule has 3 aromatic rings. The van der Waals surface area contributed by atoms with Gasteiger partial charge >= 0.3 is 0 Å². The van der Waals surface area contributed by atoms with Gasteiger partial charge in [0.15, 0.2) is 0 Å². The SMILES string of the molecule is O=C(Nc1ccccc1C(=O)Nc1ccc(NC(=O)C2CC2)cc1)c1ccccc1Br. The Labute approximate surface area is 188 Å².